The molecule has 2 N–H and O–H groups in total. The molecule has 0 aromatic heterocycles. The molecular weight excluding hydrogens is 259 g/mol. The zero-order valence-corrected chi connectivity index (χ0v) is 10.5. The van der Waals surface area contributed by atoms with Crippen LogP contribution in [-0.4, -0.2) is 25.4 Å². The van der Waals surface area contributed by atoms with E-state index in [0.29, 0.717) is 36.5 Å². The summed E-state index contributed by atoms with van der Waals surface area (Å²) in [6.07, 6.45) is 1.21. The Morgan fingerprint density at radius 2 is 2.17 bits per heavy atom. The predicted octanol–water partition coefficient (Wildman–Crippen LogP) is 1.27. The minimum absolute atomic E-state index is 0.0237. The van der Waals surface area contributed by atoms with E-state index in [0.717, 1.165) is 0 Å². The van der Waals surface area contributed by atoms with Gasteiger partial charge < -0.3 is 10.6 Å². The van der Waals surface area contributed by atoms with E-state index < -0.39 is 5.82 Å². The first kappa shape index (κ1) is 14.4. The molecule has 4 nitrogen and oxygen atoms in total. The Hall–Kier alpha value is -1.62. The molecule has 0 spiro atoms. The van der Waals surface area contributed by atoms with Gasteiger partial charge in [0.15, 0.2) is 0 Å². The second-order valence-electron chi connectivity index (χ2n) is 3.69. The summed E-state index contributed by atoms with van der Waals surface area (Å²) in [4.78, 5) is 21.4. The molecule has 1 rings (SSSR count). The summed E-state index contributed by atoms with van der Waals surface area (Å²) >= 11 is 5.61. The zero-order valence-electron chi connectivity index (χ0n) is 9.71. The molecule has 6 heteroatoms. The summed E-state index contributed by atoms with van der Waals surface area (Å²) in [5.41, 5.74) is 0.308. The molecule has 0 radical (unpaired) electrons. The molecule has 0 aliphatic heterocycles. The number of carbonyl (C=O) groups excluding carboxylic acids is 2. The van der Waals surface area contributed by atoms with Crippen LogP contribution in [0.2, 0.25) is 5.02 Å². The fraction of sp³-hybridized carbons (Fsp3) is 0.333. The van der Waals surface area contributed by atoms with E-state index >= 15 is 0 Å². The van der Waals surface area contributed by atoms with Gasteiger partial charge in [-0.3, -0.25) is 9.59 Å². The summed E-state index contributed by atoms with van der Waals surface area (Å²) in [6, 6.07) is 4.21. The minimum atomic E-state index is -0.486. The first-order chi connectivity index (χ1) is 8.63. The number of nitrogens with one attached hydrogen (secondary N) is 2. The number of rotatable bonds is 7. The second-order valence-corrected chi connectivity index (χ2v) is 4.12. The maximum atomic E-state index is 13.4. The second kappa shape index (κ2) is 7.66. The molecule has 0 bridgehead atoms. The van der Waals surface area contributed by atoms with Gasteiger partial charge in [0.1, 0.15) is 5.82 Å². The van der Waals surface area contributed by atoms with E-state index in [1.165, 1.54) is 12.1 Å². The largest absolute Gasteiger partial charge is 0.359 e. The lowest BCUT2D eigenvalue weighted by molar-refractivity contribution is -0.120. The van der Waals surface area contributed by atoms with Crippen molar-refractivity contribution in [3.05, 3.63) is 34.6 Å². The lowest BCUT2D eigenvalue weighted by atomic mass is 10.1. The monoisotopic (exact) mass is 272 g/mol. The van der Waals surface area contributed by atoms with Crippen LogP contribution in [0.4, 0.5) is 4.39 Å². The Morgan fingerprint density at radius 1 is 1.39 bits per heavy atom. The standard InChI is InChI=1S/C12H14ClFN2O2/c13-10-3-2-9(11(14)7-10)6-12(18)16-5-1-4-15-8-17/h2-3,7-8H,1,4-6H2,(H,15,17)(H,16,18). The molecule has 0 aliphatic carbocycles. The fourth-order valence-corrected chi connectivity index (χ4v) is 1.54. The number of carbonyl (C=O) groups is 2. The minimum Gasteiger partial charge on any atom is -0.359 e. The van der Waals surface area contributed by atoms with Crippen molar-refractivity contribution >= 4 is 23.9 Å². The maximum absolute atomic E-state index is 13.4. The van der Waals surface area contributed by atoms with Gasteiger partial charge in [0.2, 0.25) is 12.3 Å². The lowest BCUT2D eigenvalue weighted by Crippen LogP contribution is -2.28. The maximum Gasteiger partial charge on any atom is 0.224 e. The third-order valence-corrected chi connectivity index (χ3v) is 2.50. The zero-order chi connectivity index (χ0) is 13.4. The third-order valence-electron chi connectivity index (χ3n) is 2.27. The Balaban J connectivity index is 2.33. The van der Waals surface area contributed by atoms with Crippen molar-refractivity contribution < 1.29 is 14.0 Å². The van der Waals surface area contributed by atoms with Crippen LogP contribution in [0.5, 0.6) is 0 Å². The molecule has 0 unspecified atom stereocenters. The summed E-state index contributed by atoms with van der Waals surface area (Å²) in [6.45, 7) is 0.938. The summed E-state index contributed by atoms with van der Waals surface area (Å²) in [5, 5.41) is 5.42. The highest BCUT2D eigenvalue weighted by Gasteiger charge is 2.08. The first-order valence-electron chi connectivity index (χ1n) is 5.51. The SMILES string of the molecule is O=CNCCCNC(=O)Cc1ccc(Cl)cc1F. The number of amides is 2. The summed E-state index contributed by atoms with van der Waals surface area (Å²) in [5.74, 6) is -0.748. The van der Waals surface area contributed by atoms with Crippen molar-refractivity contribution in [3.8, 4) is 0 Å². The van der Waals surface area contributed by atoms with E-state index in [4.69, 9.17) is 11.6 Å². The van der Waals surface area contributed by atoms with E-state index in [9.17, 15) is 14.0 Å². The van der Waals surface area contributed by atoms with Gasteiger partial charge in [-0.05, 0) is 24.1 Å². The van der Waals surface area contributed by atoms with E-state index in [2.05, 4.69) is 10.6 Å². The van der Waals surface area contributed by atoms with Gasteiger partial charge in [0, 0.05) is 18.1 Å². The molecule has 0 saturated carbocycles. The number of halogens is 2. The smallest absolute Gasteiger partial charge is 0.224 e. The molecule has 0 atom stereocenters. The third kappa shape index (κ3) is 5.14. The van der Waals surface area contributed by atoms with Crippen LogP contribution in [0.15, 0.2) is 18.2 Å². The van der Waals surface area contributed by atoms with Crippen LogP contribution < -0.4 is 10.6 Å². The van der Waals surface area contributed by atoms with Gasteiger partial charge in [0.25, 0.3) is 0 Å². The van der Waals surface area contributed by atoms with Crippen LogP contribution >= 0.6 is 11.6 Å². The van der Waals surface area contributed by atoms with Gasteiger partial charge in [-0.25, -0.2) is 4.39 Å². The van der Waals surface area contributed by atoms with Gasteiger partial charge in [-0.15, -0.1) is 0 Å². The van der Waals surface area contributed by atoms with Crippen molar-refractivity contribution in [3.63, 3.8) is 0 Å². The highest BCUT2D eigenvalue weighted by molar-refractivity contribution is 6.30. The molecule has 0 saturated heterocycles. The Labute approximate surface area is 110 Å². The Bertz CT molecular complexity index is 427. The predicted molar refractivity (Wildman–Crippen MR) is 66.8 cm³/mol. The van der Waals surface area contributed by atoms with Crippen LogP contribution in [0.25, 0.3) is 0 Å². The molecule has 98 valence electrons. The average molecular weight is 273 g/mol. The van der Waals surface area contributed by atoms with Crippen LogP contribution in [0, 0.1) is 5.82 Å². The number of hydrogen-bond acceptors (Lipinski definition) is 2. The Morgan fingerprint density at radius 3 is 2.83 bits per heavy atom. The first-order valence-corrected chi connectivity index (χ1v) is 5.89. The van der Waals surface area contributed by atoms with Crippen LogP contribution in [0.3, 0.4) is 0 Å². The average Bonchev–Trinajstić information content (AvgIpc) is 2.32. The van der Waals surface area contributed by atoms with Gasteiger partial charge >= 0.3 is 0 Å². The molecule has 0 fully saturated rings. The van der Waals surface area contributed by atoms with E-state index in [1.54, 1.807) is 6.07 Å². The van der Waals surface area contributed by atoms with Crippen molar-refractivity contribution in [2.24, 2.45) is 0 Å². The number of benzene rings is 1. The molecule has 1 aromatic carbocycles. The normalized spacial score (nSPS) is 9.89. The summed E-state index contributed by atoms with van der Waals surface area (Å²) < 4.78 is 13.4. The molecule has 2 amide bonds. The molecular formula is C12H14ClFN2O2. The lowest BCUT2D eigenvalue weighted by Gasteiger charge is -2.06. The Kier molecular flexibility index (Phi) is 6.14. The van der Waals surface area contributed by atoms with Crippen molar-refractivity contribution in [2.75, 3.05) is 13.1 Å². The summed E-state index contributed by atoms with van der Waals surface area (Å²) in [7, 11) is 0. The number of hydrogen-bond donors (Lipinski definition) is 2. The van der Waals surface area contributed by atoms with Gasteiger partial charge in [-0.2, -0.15) is 0 Å². The van der Waals surface area contributed by atoms with Crippen molar-refractivity contribution in [2.45, 2.75) is 12.8 Å². The topological polar surface area (TPSA) is 58.2 Å². The molecule has 1 aromatic rings. The molecule has 0 aliphatic rings. The van der Waals surface area contributed by atoms with Gasteiger partial charge in [0.05, 0.1) is 6.42 Å². The highest BCUT2D eigenvalue weighted by Crippen LogP contribution is 2.14. The van der Waals surface area contributed by atoms with Crippen molar-refractivity contribution in [1.82, 2.24) is 10.6 Å². The van der Waals surface area contributed by atoms with Crippen LogP contribution in [0.1, 0.15) is 12.0 Å². The highest BCUT2D eigenvalue weighted by atomic mass is 35.5. The van der Waals surface area contributed by atoms with E-state index in [1.807, 2.05) is 0 Å². The van der Waals surface area contributed by atoms with E-state index in [-0.39, 0.29) is 12.3 Å². The molecule has 0 heterocycles. The van der Waals surface area contributed by atoms with Gasteiger partial charge in [-0.1, -0.05) is 17.7 Å². The fourth-order valence-electron chi connectivity index (χ4n) is 1.38. The quantitative estimate of drug-likeness (QED) is 0.580. The van der Waals surface area contributed by atoms with Crippen molar-refractivity contribution in [1.29, 1.82) is 0 Å². The van der Waals surface area contributed by atoms with Crippen LogP contribution in [-0.2, 0) is 16.0 Å². The molecule has 18 heavy (non-hydrogen) atoms.